The molecule has 1 aromatic heterocycles. The number of aromatic nitrogens is 4. The van der Waals surface area contributed by atoms with Crippen LogP contribution in [0.15, 0.2) is 17.3 Å². The molecule has 1 unspecified atom stereocenters. The number of tetrazole rings is 1. The molecular weight excluding hydrogens is 336 g/mol. The highest BCUT2D eigenvalue weighted by atomic mass is 32.2. The van der Waals surface area contributed by atoms with Crippen LogP contribution in [-0.4, -0.2) is 62.9 Å². The first kappa shape index (κ1) is 18.4. The highest BCUT2D eigenvalue weighted by Crippen LogP contribution is 2.30. The maximum atomic E-state index is 12.2. The van der Waals surface area contributed by atoms with Crippen LogP contribution in [0.4, 0.5) is 0 Å². The molecular formula is C17H28N6OS. The molecule has 138 valence electrons. The molecule has 1 amide bonds. The standard InChI is InChI=1S/C17H28N6OS/c1-22(13-14-7-5-11-18-14)16(24)10-6-12-25-17-19-20-21-23(17)15-8-3-2-4-9-15/h5,7,14-15,18H,2-4,6,8-13H2,1H3. The Morgan fingerprint density at radius 2 is 2.24 bits per heavy atom. The minimum Gasteiger partial charge on any atom is -0.344 e. The number of hydrogen-bond acceptors (Lipinski definition) is 6. The van der Waals surface area contributed by atoms with Gasteiger partial charge >= 0.3 is 0 Å². The van der Waals surface area contributed by atoms with Gasteiger partial charge in [-0.2, -0.15) is 0 Å². The third-order valence-electron chi connectivity index (χ3n) is 4.91. The van der Waals surface area contributed by atoms with Crippen LogP contribution in [-0.2, 0) is 4.79 Å². The van der Waals surface area contributed by atoms with Gasteiger partial charge in [0.15, 0.2) is 0 Å². The summed E-state index contributed by atoms with van der Waals surface area (Å²) < 4.78 is 2.00. The Hall–Kier alpha value is -1.41. The molecule has 25 heavy (non-hydrogen) atoms. The summed E-state index contributed by atoms with van der Waals surface area (Å²) in [5, 5.41) is 16.4. The van der Waals surface area contributed by atoms with Crippen LogP contribution in [0.1, 0.15) is 51.0 Å². The largest absolute Gasteiger partial charge is 0.344 e. The fourth-order valence-electron chi connectivity index (χ4n) is 3.46. The maximum absolute atomic E-state index is 12.2. The number of likely N-dealkylation sites (N-methyl/N-ethyl adjacent to an activating group) is 1. The van der Waals surface area contributed by atoms with Crippen LogP contribution in [0.3, 0.4) is 0 Å². The molecule has 3 rings (SSSR count). The van der Waals surface area contributed by atoms with E-state index >= 15 is 0 Å². The number of nitrogens with zero attached hydrogens (tertiary/aromatic N) is 5. The minimum atomic E-state index is 0.203. The molecule has 1 fully saturated rings. The van der Waals surface area contributed by atoms with Crippen LogP contribution < -0.4 is 5.32 Å². The lowest BCUT2D eigenvalue weighted by Crippen LogP contribution is -2.38. The van der Waals surface area contributed by atoms with Crippen molar-refractivity contribution in [3.8, 4) is 0 Å². The molecule has 0 aromatic carbocycles. The lowest BCUT2D eigenvalue weighted by molar-refractivity contribution is -0.130. The SMILES string of the molecule is CN(CC1C=CCN1)C(=O)CCCSc1nnnn1C1CCCCC1. The number of rotatable bonds is 8. The first-order valence-corrected chi connectivity index (χ1v) is 10.3. The van der Waals surface area contributed by atoms with Crippen molar-refractivity contribution in [1.29, 1.82) is 0 Å². The van der Waals surface area contributed by atoms with E-state index in [1.165, 1.54) is 32.1 Å². The molecule has 2 heterocycles. The van der Waals surface area contributed by atoms with Crippen molar-refractivity contribution in [3.63, 3.8) is 0 Å². The van der Waals surface area contributed by atoms with Crippen LogP contribution in [0.25, 0.3) is 0 Å². The quantitative estimate of drug-likeness (QED) is 0.432. The van der Waals surface area contributed by atoms with Crippen molar-refractivity contribution < 1.29 is 4.79 Å². The smallest absolute Gasteiger partial charge is 0.222 e. The first-order valence-electron chi connectivity index (χ1n) is 9.28. The molecule has 1 aromatic rings. The van der Waals surface area contributed by atoms with Gasteiger partial charge in [0.2, 0.25) is 11.1 Å². The Balaban J connectivity index is 1.37. The predicted molar refractivity (Wildman–Crippen MR) is 98.5 cm³/mol. The molecule has 1 aliphatic carbocycles. The second kappa shape index (κ2) is 9.33. The monoisotopic (exact) mass is 364 g/mol. The third-order valence-corrected chi connectivity index (χ3v) is 5.93. The van der Waals surface area contributed by atoms with Gasteiger partial charge in [0.05, 0.1) is 6.04 Å². The summed E-state index contributed by atoms with van der Waals surface area (Å²) in [4.78, 5) is 14.0. The number of amides is 1. The highest BCUT2D eigenvalue weighted by Gasteiger charge is 2.20. The molecule has 0 radical (unpaired) electrons. The molecule has 0 saturated heterocycles. The topological polar surface area (TPSA) is 75.9 Å². The Bertz CT molecular complexity index is 583. The lowest BCUT2D eigenvalue weighted by atomic mass is 9.96. The zero-order chi connectivity index (χ0) is 17.5. The summed E-state index contributed by atoms with van der Waals surface area (Å²) in [7, 11) is 1.88. The number of thioether (sulfide) groups is 1. The Labute approximate surface area is 153 Å². The van der Waals surface area contributed by atoms with E-state index in [0.717, 1.165) is 30.4 Å². The number of carbonyl (C=O) groups excluding carboxylic acids is 1. The van der Waals surface area contributed by atoms with E-state index in [2.05, 4.69) is 33.0 Å². The van der Waals surface area contributed by atoms with Crippen molar-refractivity contribution in [1.82, 2.24) is 30.4 Å². The summed E-state index contributed by atoms with van der Waals surface area (Å²) in [6.07, 6.45) is 11.9. The zero-order valence-electron chi connectivity index (χ0n) is 14.9. The molecule has 1 atom stereocenters. The van der Waals surface area contributed by atoms with Gasteiger partial charge in [0, 0.05) is 38.4 Å². The maximum Gasteiger partial charge on any atom is 0.222 e. The second-order valence-electron chi connectivity index (χ2n) is 6.87. The average Bonchev–Trinajstić information content (AvgIpc) is 3.31. The second-order valence-corrected chi connectivity index (χ2v) is 7.93. The molecule has 1 aliphatic heterocycles. The van der Waals surface area contributed by atoms with Gasteiger partial charge in [-0.15, -0.1) is 5.10 Å². The Morgan fingerprint density at radius 1 is 1.40 bits per heavy atom. The van der Waals surface area contributed by atoms with E-state index in [9.17, 15) is 4.79 Å². The molecule has 1 N–H and O–H groups in total. The van der Waals surface area contributed by atoms with E-state index in [1.54, 1.807) is 11.8 Å². The number of nitrogens with one attached hydrogen (secondary N) is 1. The van der Waals surface area contributed by atoms with Crippen molar-refractivity contribution >= 4 is 17.7 Å². The molecule has 0 bridgehead atoms. The van der Waals surface area contributed by atoms with Crippen molar-refractivity contribution in [2.75, 3.05) is 25.9 Å². The van der Waals surface area contributed by atoms with Gasteiger partial charge in [-0.25, -0.2) is 4.68 Å². The van der Waals surface area contributed by atoms with Crippen LogP contribution in [0.5, 0.6) is 0 Å². The Morgan fingerprint density at radius 3 is 3.00 bits per heavy atom. The Kier molecular flexibility index (Phi) is 6.86. The van der Waals surface area contributed by atoms with Crippen molar-refractivity contribution in [2.24, 2.45) is 0 Å². The molecule has 2 aliphatic rings. The van der Waals surface area contributed by atoms with E-state index in [0.29, 0.717) is 18.5 Å². The molecule has 1 saturated carbocycles. The summed E-state index contributed by atoms with van der Waals surface area (Å²) in [6, 6.07) is 0.745. The minimum absolute atomic E-state index is 0.203. The van der Waals surface area contributed by atoms with E-state index in [4.69, 9.17) is 0 Å². The van der Waals surface area contributed by atoms with Gasteiger partial charge in [-0.1, -0.05) is 43.2 Å². The third kappa shape index (κ3) is 5.28. The number of carbonyl (C=O) groups is 1. The van der Waals surface area contributed by atoms with Crippen LogP contribution >= 0.6 is 11.8 Å². The van der Waals surface area contributed by atoms with Gasteiger partial charge in [-0.05, 0) is 29.7 Å². The summed E-state index contributed by atoms with van der Waals surface area (Å²) in [5.41, 5.74) is 0. The normalized spacial score (nSPS) is 20.9. The fourth-order valence-corrected chi connectivity index (χ4v) is 4.34. The summed E-state index contributed by atoms with van der Waals surface area (Å²) in [5.74, 6) is 1.07. The van der Waals surface area contributed by atoms with Gasteiger partial charge in [0.25, 0.3) is 0 Å². The van der Waals surface area contributed by atoms with Crippen LogP contribution in [0.2, 0.25) is 0 Å². The van der Waals surface area contributed by atoms with Crippen molar-refractivity contribution in [2.45, 2.75) is 62.2 Å². The van der Waals surface area contributed by atoms with E-state index < -0.39 is 0 Å². The van der Waals surface area contributed by atoms with Gasteiger partial charge < -0.3 is 10.2 Å². The highest BCUT2D eigenvalue weighted by molar-refractivity contribution is 7.99. The van der Waals surface area contributed by atoms with Gasteiger partial charge in [0.1, 0.15) is 0 Å². The zero-order valence-corrected chi connectivity index (χ0v) is 15.7. The first-order chi connectivity index (χ1) is 12.2. The molecule has 0 spiro atoms. The van der Waals surface area contributed by atoms with Crippen molar-refractivity contribution in [3.05, 3.63) is 12.2 Å². The van der Waals surface area contributed by atoms with E-state index in [-0.39, 0.29) is 5.91 Å². The average molecular weight is 365 g/mol. The molecule has 8 heteroatoms. The van der Waals surface area contributed by atoms with E-state index in [1.807, 2.05) is 16.6 Å². The summed E-state index contributed by atoms with van der Waals surface area (Å²) in [6.45, 7) is 1.64. The molecule has 7 nitrogen and oxygen atoms in total. The lowest BCUT2D eigenvalue weighted by Gasteiger charge is -2.22. The number of hydrogen-bond donors (Lipinski definition) is 1. The predicted octanol–water partition coefficient (Wildman–Crippen LogP) is 2.04. The van der Waals surface area contributed by atoms with Crippen LogP contribution in [0, 0.1) is 0 Å². The fraction of sp³-hybridized carbons (Fsp3) is 0.765. The summed E-state index contributed by atoms with van der Waals surface area (Å²) >= 11 is 1.67. The van der Waals surface area contributed by atoms with Gasteiger partial charge in [-0.3, -0.25) is 4.79 Å².